The van der Waals surface area contributed by atoms with Gasteiger partial charge in [-0.3, -0.25) is 4.79 Å². The van der Waals surface area contributed by atoms with Crippen LogP contribution in [0.2, 0.25) is 0 Å². The molecule has 14 heavy (non-hydrogen) atoms. The minimum atomic E-state index is -0.948. The molecule has 0 atom stereocenters. The maximum atomic E-state index is 9.87. The lowest BCUT2D eigenvalue weighted by atomic mass is 10.7. The van der Waals surface area contributed by atoms with Crippen molar-refractivity contribution in [3.05, 3.63) is 0 Å². The summed E-state index contributed by atoms with van der Waals surface area (Å²) in [5, 5.41) is 15.5. The van der Waals surface area contributed by atoms with Crippen molar-refractivity contribution in [1.82, 2.24) is 0 Å². The Morgan fingerprint density at radius 3 is 1.93 bits per heavy atom. The van der Waals surface area contributed by atoms with Crippen LogP contribution < -0.4 is 0 Å². The first-order valence-electron chi connectivity index (χ1n) is 4.07. The minimum Gasteiger partial charge on any atom is -0.481 e. The molecule has 0 aliphatic heterocycles. The van der Waals surface area contributed by atoms with Crippen molar-refractivity contribution in [2.45, 2.75) is 13.8 Å². The second-order valence-corrected chi connectivity index (χ2v) is 2.16. The molecule has 0 unspecified atom stereocenters. The average molecular weight is 208 g/mol. The van der Waals surface area contributed by atoms with E-state index in [4.69, 9.17) is 19.7 Å². The van der Waals surface area contributed by atoms with Gasteiger partial charge in [0.25, 0.3) is 5.97 Å². The SMILES string of the molecule is CC(=O)O.CCOCCOCC(=O)O. The first-order valence-corrected chi connectivity index (χ1v) is 4.07. The molecule has 0 radical (unpaired) electrons. The molecule has 0 heterocycles. The van der Waals surface area contributed by atoms with Crippen LogP contribution in [0.4, 0.5) is 0 Å². The number of aliphatic carboxylic acids is 2. The van der Waals surface area contributed by atoms with Gasteiger partial charge in [-0.1, -0.05) is 0 Å². The molecule has 0 aromatic rings. The molecule has 0 aromatic carbocycles. The van der Waals surface area contributed by atoms with Gasteiger partial charge in [0.05, 0.1) is 13.2 Å². The maximum Gasteiger partial charge on any atom is 0.329 e. The van der Waals surface area contributed by atoms with Gasteiger partial charge in [-0.25, -0.2) is 4.79 Å². The molecular formula is C8H16O6. The molecule has 6 nitrogen and oxygen atoms in total. The van der Waals surface area contributed by atoms with Gasteiger partial charge in [0.15, 0.2) is 0 Å². The number of hydrogen-bond donors (Lipinski definition) is 2. The van der Waals surface area contributed by atoms with Crippen LogP contribution in [0.5, 0.6) is 0 Å². The summed E-state index contributed by atoms with van der Waals surface area (Å²) < 4.78 is 9.57. The van der Waals surface area contributed by atoms with Crippen molar-refractivity contribution >= 4 is 11.9 Å². The van der Waals surface area contributed by atoms with Crippen LogP contribution in [-0.4, -0.2) is 48.6 Å². The number of rotatable bonds is 6. The van der Waals surface area contributed by atoms with Gasteiger partial charge in [-0.2, -0.15) is 0 Å². The highest BCUT2D eigenvalue weighted by molar-refractivity contribution is 5.67. The number of carboxylic acids is 2. The molecule has 0 spiro atoms. The van der Waals surface area contributed by atoms with Crippen LogP contribution in [0.15, 0.2) is 0 Å². The molecule has 0 aliphatic carbocycles. The van der Waals surface area contributed by atoms with E-state index >= 15 is 0 Å². The molecule has 0 rings (SSSR count). The summed E-state index contributed by atoms with van der Waals surface area (Å²) in [6, 6.07) is 0. The van der Waals surface area contributed by atoms with Crippen molar-refractivity contribution in [3.8, 4) is 0 Å². The molecular weight excluding hydrogens is 192 g/mol. The molecule has 0 fully saturated rings. The summed E-state index contributed by atoms with van der Waals surface area (Å²) in [4.78, 5) is 18.9. The second-order valence-electron chi connectivity index (χ2n) is 2.16. The van der Waals surface area contributed by atoms with Crippen LogP contribution in [0.1, 0.15) is 13.8 Å². The third kappa shape index (κ3) is 30.7. The Morgan fingerprint density at radius 2 is 1.57 bits per heavy atom. The van der Waals surface area contributed by atoms with Crippen molar-refractivity contribution < 1.29 is 29.3 Å². The fraction of sp³-hybridized carbons (Fsp3) is 0.750. The Bertz CT molecular complexity index is 152. The zero-order valence-corrected chi connectivity index (χ0v) is 8.36. The molecule has 0 amide bonds. The molecule has 0 aromatic heterocycles. The number of ether oxygens (including phenoxy) is 2. The minimum absolute atomic E-state index is 0.243. The fourth-order valence-corrected chi connectivity index (χ4v) is 0.422. The third-order valence-corrected chi connectivity index (χ3v) is 0.802. The van der Waals surface area contributed by atoms with E-state index in [9.17, 15) is 4.79 Å². The number of hydrogen-bond acceptors (Lipinski definition) is 4. The van der Waals surface area contributed by atoms with E-state index in [1.54, 1.807) is 0 Å². The Morgan fingerprint density at radius 1 is 1.14 bits per heavy atom. The highest BCUT2D eigenvalue weighted by Crippen LogP contribution is 1.77. The monoisotopic (exact) mass is 208 g/mol. The normalized spacial score (nSPS) is 8.71. The van der Waals surface area contributed by atoms with E-state index in [1.807, 2.05) is 6.92 Å². The molecule has 2 N–H and O–H groups in total. The predicted octanol–water partition coefficient (Wildman–Crippen LogP) is 0.215. The molecule has 84 valence electrons. The van der Waals surface area contributed by atoms with Crippen LogP contribution in [0.25, 0.3) is 0 Å². The Kier molecular flexibility index (Phi) is 13.0. The van der Waals surface area contributed by atoms with Gasteiger partial charge < -0.3 is 19.7 Å². The van der Waals surface area contributed by atoms with Crippen molar-refractivity contribution in [2.24, 2.45) is 0 Å². The smallest absolute Gasteiger partial charge is 0.329 e. The lowest BCUT2D eigenvalue weighted by molar-refractivity contribution is -0.142. The standard InChI is InChI=1S/C6H12O4.C2H4O2/c1-2-9-3-4-10-5-6(7)8;1-2(3)4/h2-5H2,1H3,(H,7,8);1H3,(H,3,4). The summed E-state index contributed by atoms with van der Waals surface area (Å²) in [5.41, 5.74) is 0. The second kappa shape index (κ2) is 11.9. The highest BCUT2D eigenvalue weighted by atomic mass is 16.5. The molecule has 0 bridgehead atoms. The molecule has 6 heteroatoms. The van der Waals surface area contributed by atoms with Crippen LogP contribution in [-0.2, 0) is 19.1 Å². The third-order valence-electron chi connectivity index (χ3n) is 0.802. The first-order chi connectivity index (χ1) is 6.50. The van der Waals surface area contributed by atoms with E-state index in [1.165, 1.54) is 0 Å². The van der Waals surface area contributed by atoms with Crippen LogP contribution in [0, 0.1) is 0 Å². The molecule has 0 saturated carbocycles. The number of carboxylic acid groups (broad SMARTS) is 2. The summed E-state index contributed by atoms with van der Waals surface area (Å²) in [6.07, 6.45) is 0. The maximum absolute atomic E-state index is 9.87. The van der Waals surface area contributed by atoms with Gasteiger partial charge in [0.1, 0.15) is 6.61 Å². The predicted molar refractivity (Wildman–Crippen MR) is 48.3 cm³/mol. The molecule has 0 aliphatic rings. The quantitative estimate of drug-likeness (QED) is 0.606. The first kappa shape index (κ1) is 15.3. The number of carbonyl (C=O) groups is 2. The van der Waals surface area contributed by atoms with E-state index in [-0.39, 0.29) is 6.61 Å². The Hall–Kier alpha value is -1.14. The average Bonchev–Trinajstić information content (AvgIpc) is 2.02. The Labute approximate surface area is 82.4 Å². The van der Waals surface area contributed by atoms with Gasteiger partial charge in [-0.05, 0) is 6.92 Å². The summed E-state index contributed by atoms with van der Waals surface area (Å²) >= 11 is 0. The summed E-state index contributed by atoms with van der Waals surface area (Å²) in [7, 11) is 0. The topological polar surface area (TPSA) is 93.1 Å². The Balaban J connectivity index is 0. The van der Waals surface area contributed by atoms with Crippen LogP contribution in [0.3, 0.4) is 0 Å². The van der Waals surface area contributed by atoms with E-state index in [0.29, 0.717) is 19.8 Å². The van der Waals surface area contributed by atoms with E-state index < -0.39 is 11.9 Å². The zero-order chi connectivity index (χ0) is 11.4. The summed E-state index contributed by atoms with van der Waals surface area (Å²) in [5.74, 6) is -1.78. The van der Waals surface area contributed by atoms with Crippen LogP contribution >= 0.6 is 0 Å². The lowest BCUT2D eigenvalue weighted by Crippen LogP contribution is -2.11. The zero-order valence-electron chi connectivity index (χ0n) is 8.36. The van der Waals surface area contributed by atoms with Crippen molar-refractivity contribution in [3.63, 3.8) is 0 Å². The van der Waals surface area contributed by atoms with Gasteiger partial charge in [-0.15, -0.1) is 0 Å². The van der Waals surface area contributed by atoms with Crippen molar-refractivity contribution in [2.75, 3.05) is 26.4 Å². The lowest BCUT2D eigenvalue weighted by Gasteiger charge is -1.99. The van der Waals surface area contributed by atoms with Gasteiger partial charge in [0, 0.05) is 13.5 Å². The molecule has 0 saturated heterocycles. The van der Waals surface area contributed by atoms with E-state index in [2.05, 4.69) is 4.74 Å². The van der Waals surface area contributed by atoms with Crippen molar-refractivity contribution in [1.29, 1.82) is 0 Å². The van der Waals surface area contributed by atoms with E-state index in [0.717, 1.165) is 6.92 Å². The fourth-order valence-electron chi connectivity index (χ4n) is 0.422. The van der Waals surface area contributed by atoms with Gasteiger partial charge in [0.2, 0.25) is 0 Å². The largest absolute Gasteiger partial charge is 0.481 e. The highest BCUT2D eigenvalue weighted by Gasteiger charge is 1.94. The van der Waals surface area contributed by atoms with Gasteiger partial charge >= 0.3 is 5.97 Å². The summed E-state index contributed by atoms with van der Waals surface area (Å²) in [6.45, 7) is 4.16.